The third kappa shape index (κ3) is 8.01. The van der Waals surface area contributed by atoms with E-state index in [2.05, 4.69) is 35.7 Å². The highest BCUT2D eigenvalue weighted by molar-refractivity contribution is 5.69. The Morgan fingerprint density at radius 1 is 1.14 bits per heavy atom. The Hall–Kier alpha value is -0.610. The number of esters is 1. The second-order valence-corrected chi connectivity index (χ2v) is 3.79. The van der Waals surface area contributed by atoms with E-state index in [-0.39, 0.29) is 5.97 Å². The van der Waals surface area contributed by atoms with E-state index in [0.717, 1.165) is 26.1 Å². The predicted octanol–water partition coefficient (Wildman–Crippen LogP) is 0.433. The van der Waals surface area contributed by atoms with E-state index < -0.39 is 0 Å². The molecule has 0 aromatic heterocycles. The van der Waals surface area contributed by atoms with Crippen LogP contribution in [0.3, 0.4) is 0 Å². The number of carbonyl (C=O) groups excluding carboxylic acids is 1. The molecule has 0 atom stereocenters. The van der Waals surface area contributed by atoms with E-state index in [0.29, 0.717) is 6.42 Å². The minimum absolute atomic E-state index is 0.119. The lowest BCUT2D eigenvalue weighted by Gasteiger charge is -2.18. The molecule has 0 aromatic carbocycles. The van der Waals surface area contributed by atoms with Gasteiger partial charge in [0.15, 0.2) is 0 Å². The van der Waals surface area contributed by atoms with Crippen LogP contribution < -0.4 is 0 Å². The van der Waals surface area contributed by atoms with Gasteiger partial charge >= 0.3 is 5.97 Å². The Labute approximate surface area is 86.8 Å². The van der Waals surface area contributed by atoms with Crippen LogP contribution in [0.2, 0.25) is 0 Å². The molecule has 0 bridgehead atoms. The van der Waals surface area contributed by atoms with Crippen LogP contribution in [-0.2, 0) is 9.53 Å². The van der Waals surface area contributed by atoms with E-state index in [1.165, 1.54) is 7.11 Å². The zero-order valence-electron chi connectivity index (χ0n) is 9.75. The zero-order valence-corrected chi connectivity index (χ0v) is 9.75. The summed E-state index contributed by atoms with van der Waals surface area (Å²) in [5, 5.41) is 0. The lowest BCUT2D eigenvalue weighted by Crippen LogP contribution is -2.29. The largest absolute Gasteiger partial charge is 0.469 e. The van der Waals surface area contributed by atoms with Crippen molar-refractivity contribution in [3.63, 3.8) is 0 Å². The number of likely N-dealkylation sites (N-methyl/N-ethyl adjacent to an activating group) is 2. The monoisotopic (exact) mass is 202 g/mol. The van der Waals surface area contributed by atoms with Gasteiger partial charge in [0.25, 0.3) is 0 Å². The first-order valence-corrected chi connectivity index (χ1v) is 4.96. The lowest BCUT2D eigenvalue weighted by molar-refractivity contribution is -0.140. The second kappa shape index (κ2) is 7.76. The summed E-state index contributed by atoms with van der Waals surface area (Å²) in [6, 6.07) is 0. The molecule has 0 rings (SSSR count). The van der Waals surface area contributed by atoms with Crippen molar-refractivity contribution < 1.29 is 9.53 Å². The van der Waals surface area contributed by atoms with Gasteiger partial charge in [-0.2, -0.15) is 0 Å². The summed E-state index contributed by atoms with van der Waals surface area (Å²) in [5.41, 5.74) is 0. The average molecular weight is 202 g/mol. The van der Waals surface area contributed by atoms with Gasteiger partial charge in [-0.15, -0.1) is 0 Å². The molecule has 0 spiro atoms. The molecule has 4 heteroatoms. The van der Waals surface area contributed by atoms with Crippen molar-refractivity contribution in [2.45, 2.75) is 12.8 Å². The summed E-state index contributed by atoms with van der Waals surface area (Å²) in [7, 11) is 7.61. The summed E-state index contributed by atoms with van der Waals surface area (Å²) in [6.07, 6.45) is 1.39. The molecule has 0 aliphatic carbocycles. The van der Waals surface area contributed by atoms with Crippen LogP contribution >= 0.6 is 0 Å². The summed E-state index contributed by atoms with van der Waals surface area (Å²) < 4.78 is 4.56. The molecular weight excluding hydrogens is 180 g/mol. The molecular formula is C10H22N2O2. The summed E-state index contributed by atoms with van der Waals surface area (Å²) in [4.78, 5) is 15.2. The minimum Gasteiger partial charge on any atom is -0.469 e. The molecule has 0 aliphatic rings. The Morgan fingerprint density at radius 3 is 2.29 bits per heavy atom. The Kier molecular flexibility index (Phi) is 7.42. The van der Waals surface area contributed by atoms with Gasteiger partial charge in [0.1, 0.15) is 0 Å². The van der Waals surface area contributed by atoms with Crippen molar-refractivity contribution in [2.75, 3.05) is 47.9 Å². The van der Waals surface area contributed by atoms with Crippen LogP contribution in [0.25, 0.3) is 0 Å². The number of rotatable bonds is 7. The Bertz CT molecular complexity index is 160. The number of hydrogen-bond donors (Lipinski definition) is 0. The molecule has 14 heavy (non-hydrogen) atoms. The summed E-state index contributed by atoms with van der Waals surface area (Å²) >= 11 is 0. The second-order valence-electron chi connectivity index (χ2n) is 3.79. The normalized spacial score (nSPS) is 11.0. The maximum absolute atomic E-state index is 10.8. The van der Waals surface area contributed by atoms with E-state index >= 15 is 0 Å². The molecule has 4 nitrogen and oxygen atoms in total. The Morgan fingerprint density at radius 2 is 1.79 bits per heavy atom. The van der Waals surface area contributed by atoms with Crippen molar-refractivity contribution in [3.05, 3.63) is 0 Å². The average Bonchev–Trinajstić information content (AvgIpc) is 2.14. The van der Waals surface area contributed by atoms with Crippen LogP contribution in [0.15, 0.2) is 0 Å². The van der Waals surface area contributed by atoms with E-state index in [1.54, 1.807) is 0 Å². The first kappa shape index (κ1) is 13.4. The molecule has 0 aliphatic heterocycles. The minimum atomic E-state index is -0.119. The van der Waals surface area contributed by atoms with Crippen LogP contribution in [-0.4, -0.2) is 63.7 Å². The molecule has 0 amide bonds. The molecule has 0 N–H and O–H groups in total. The Balaban J connectivity index is 3.35. The maximum atomic E-state index is 10.8. The van der Waals surface area contributed by atoms with Crippen molar-refractivity contribution in [1.29, 1.82) is 0 Å². The fraction of sp³-hybridized carbons (Fsp3) is 0.900. The van der Waals surface area contributed by atoms with Gasteiger partial charge in [0.2, 0.25) is 0 Å². The number of methoxy groups -OCH3 is 1. The molecule has 0 unspecified atom stereocenters. The topological polar surface area (TPSA) is 32.8 Å². The molecule has 84 valence electrons. The van der Waals surface area contributed by atoms with Crippen LogP contribution in [0, 0.1) is 0 Å². The third-order valence-corrected chi connectivity index (χ3v) is 2.08. The molecule has 0 saturated carbocycles. The van der Waals surface area contributed by atoms with Gasteiger partial charge in [0, 0.05) is 19.5 Å². The molecule has 0 heterocycles. The fourth-order valence-electron chi connectivity index (χ4n) is 1.08. The summed E-state index contributed by atoms with van der Waals surface area (Å²) in [6.45, 7) is 3.03. The number of nitrogens with zero attached hydrogens (tertiary/aromatic N) is 2. The van der Waals surface area contributed by atoms with Crippen molar-refractivity contribution in [3.8, 4) is 0 Å². The molecule has 0 fully saturated rings. The first-order valence-electron chi connectivity index (χ1n) is 4.96. The van der Waals surface area contributed by atoms with Gasteiger partial charge in [-0.05, 0) is 34.1 Å². The van der Waals surface area contributed by atoms with Crippen LogP contribution in [0.4, 0.5) is 0 Å². The smallest absolute Gasteiger partial charge is 0.305 e. The van der Waals surface area contributed by atoms with Gasteiger partial charge in [-0.3, -0.25) is 4.79 Å². The van der Waals surface area contributed by atoms with E-state index in [9.17, 15) is 4.79 Å². The quantitative estimate of drug-likeness (QED) is 0.561. The van der Waals surface area contributed by atoms with Crippen LogP contribution in [0.1, 0.15) is 12.8 Å². The predicted molar refractivity (Wildman–Crippen MR) is 57.3 cm³/mol. The number of carbonyl (C=O) groups is 1. The van der Waals surface area contributed by atoms with E-state index in [1.807, 2.05) is 0 Å². The fourth-order valence-corrected chi connectivity index (χ4v) is 1.08. The highest BCUT2D eigenvalue weighted by atomic mass is 16.5. The van der Waals surface area contributed by atoms with Gasteiger partial charge in [0.05, 0.1) is 7.11 Å². The molecule has 0 radical (unpaired) electrons. The first-order chi connectivity index (χ1) is 6.56. The van der Waals surface area contributed by atoms with Gasteiger partial charge in [-0.1, -0.05) is 0 Å². The lowest BCUT2D eigenvalue weighted by atomic mass is 10.3. The molecule has 0 aromatic rings. The van der Waals surface area contributed by atoms with Crippen molar-refractivity contribution in [2.24, 2.45) is 0 Å². The van der Waals surface area contributed by atoms with Crippen molar-refractivity contribution in [1.82, 2.24) is 9.80 Å². The van der Waals surface area contributed by atoms with Gasteiger partial charge in [-0.25, -0.2) is 0 Å². The molecule has 0 saturated heterocycles. The highest BCUT2D eigenvalue weighted by Crippen LogP contribution is 1.94. The summed E-state index contributed by atoms with van der Waals surface area (Å²) in [5.74, 6) is -0.119. The third-order valence-electron chi connectivity index (χ3n) is 2.08. The van der Waals surface area contributed by atoms with Gasteiger partial charge < -0.3 is 14.5 Å². The van der Waals surface area contributed by atoms with E-state index in [4.69, 9.17) is 0 Å². The number of hydrogen-bond acceptors (Lipinski definition) is 4. The van der Waals surface area contributed by atoms with Crippen molar-refractivity contribution >= 4 is 5.97 Å². The standard InChI is InChI=1S/C10H22N2O2/c1-11(2)8-9-12(3)7-5-6-10(13)14-4/h5-9H2,1-4H3. The number of ether oxygens (including phenoxy) is 1. The maximum Gasteiger partial charge on any atom is 0.305 e. The SMILES string of the molecule is COC(=O)CCCN(C)CCN(C)C. The van der Waals surface area contributed by atoms with Crippen LogP contribution in [0.5, 0.6) is 0 Å². The highest BCUT2D eigenvalue weighted by Gasteiger charge is 2.02. The zero-order chi connectivity index (χ0) is 11.0.